The fraction of sp³-hybridized carbons (Fsp3) is 0.375. The largest absolute Gasteiger partial charge is 0.508 e. The van der Waals surface area contributed by atoms with Crippen molar-refractivity contribution in [2.45, 2.75) is 25.4 Å². The van der Waals surface area contributed by atoms with Crippen LogP contribution in [0.15, 0.2) is 24.3 Å². The van der Waals surface area contributed by atoms with Gasteiger partial charge in [0.1, 0.15) is 11.8 Å². The molecule has 10 heteroatoms. The highest BCUT2D eigenvalue weighted by Gasteiger charge is 2.23. The Morgan fingerprint density at radius 1 is 1.08 bits per heavy atom. The van der Waals surface area contributed by atoms with Gasteiger partial charge in [-0.15, -0.1) is 0 Å². The number of aromatic hydroxyl groups is 1. The summed E-state index contributed by atoms with van der Waals surface area (Å²) < 4.78 is 0. The van der Waals surface area contributed by atoms with E-state index in [1.165, 1.54) is 19.1 Å². The molecule has 1 aromatic carbocycles. The van der Waals surface area contributed by atoms with Crippen LogP contribution in [0.3, 0.4) is 0 Å². The van der Waals surface area contributed by atoms with Crippen LogP contribution in [0.1, 0.15) is 12.5 Å². The molecule has 0 bridgehead atoms. The van der Waals surface area contributed by atoms with E-state index in [9.17, 15) is 24.3 Å². The zero-order valence-electron chi connectivity index (χ0n) is 14.5. The Bertz CT molecular complexity index is 661. The second-order valence-corrected chi connectivity index (χ2v) is 5.76. The number of carbonyl (C=O) groups excluding carboxylic acids is 4. The van der Waals surface area contributed by atoms with Crippen LogP contribution in [0.25, 0.3) is 0 Å². The van der Waals surface area contributed by atoms with Crippen LogP contribution < -0.4 is 27.4 Å². The lowest BCUT2D eigenvalue weighted by molar-refractivity contribution is -0.403. The van der Waals surface area contributed by atoms with E-state index in [0.29, 0.717) is 6.42 Å². The molecule has 26 heavy (non-hydrogen) atoms. The van der Waals surface area contributed by atoms with Gasteiger partial charge in [-0.25, -0.2) is 0 Å². The summed E-state index contributed by atoms with van der Waals surface area (Å²) in [4.78, 5) is 45.9. The van der Waals surface area contributed by atoms with Gasteiger partial charge in [-0.3, -0.25) is 19.2 Å². The topological polar surface area (TPSA) is 178 Å². The predicted molar refractivity (Wildman–Crippen MR) is 91.3 cm³/mol. The SMILES string of the molecule is C[C@H](NC(=O)[C@@H]([NH3+])Cc1ccc(O)cc1)C(=O)NCC(=O)NCC(N)=O. The minimum Gasteiger partial charge on any atom is -0.508 e. The number of amides is 4. The lowest BCUT2D eigenvalue weighted by atomic mass is 10.1. The highest BCUT2D eigenvalue weighted by atomic mass is 16.3. The van der Waals surface area contributed by atoms with E-state index in [1.807, 2.05) is 0 Å². The lowest BCUT2D eigenvalue weighted by Gasteiger charge is -2.16. The third-order valence-corrected chi connectivity index (χ3v) is 3.42. The van der Waals surface area contributed by atoms with Crippen LogP contribution in [-0.2, 0) is 25.6 Å². The van der Waals surface area contributed by atoms with Crippen molar-refractivity contribution in [3.63, 3.8) is 0 Å². The van der Waals surface area contributed by atoms with Gasteiger partial charge in [0.05, 0.1) is 13.1 Å². The molecule has 0 aliphatic carbocycles. The summed E-state index contributed by atoms with van der Waals surface area (Å²) in [5.74, 6) is -2.11. The molecule has 1 rings (SSSR count). The third-order valence-electron chi connectivity index (χ3n) is 3.42. The first-order valence-corrected chi connectivity index (χ1v) is 7.93. The minimum absolute atomic E-state index is 0.129. The molecular formula is C16H24N5O5+. The number of hydrogen-bond donors (Lipinski definition) is 6. The monoisotopic (exact) mass is 366 g/mol. The number of nitrogens with one attached hydrogen (secondary N) is 3. The Kier molecular flexibility index (Phi) is 8.03. The van der Waals surface area contributed by atoms with Crippen LogP contribution in [0.4, 0.5) is 0 Å². The maximum Gasteiger partial charge on any atom is 0.279 e. The Balaban J connectivity index is 2.39. The van der Waals surface area contributed by atoms with E-state index < -0.39 is 35.7 Å². The summed E-state index contributed by atoms with van der Waals surface area (Å²) in [5, 5.41) is 16.3. The highest BCUT2D eigenvalue weighted by Crippen LogP contribution is 2.10. The van der Waals surface area contributed by atoms with Crippen molar-refractivity contribution in [1.29, 1.82) is 0 Å². The van der Waals surface area contributed by atoms with Crippen molar-refractivity contribution in [1.82, 2.24) is 16.0 Å². The van der Waals surface area contributed by atoms with Gasteiger partial charge in [-0.2, -0.15) is 0 Å². The molecule has 0 spiro atoms. The van der Waals surface area contributed by atoms with Crippen LogP contribution in [0.2, 0.25) is 0 Å². The molecular weight excluding hydrogens is 342 g/mol. The molecule has 0 heterocycles. The predicted octanol–water partition coefficient (Wildman–Crippen LogP) is -3.23. The lowest BCUT2D eigenvalue weighted by Crippen LogP contribution is -2.69. The summed E-state index contributed by atoms with van der Waals surface area (Å²) >= 11 is 0. The standard InChI is InChI=1S/C16H23N5O5/c1-9(15(25)20-8-14(24)19-7-13(18)23)21-16(26)12(17)6-10-2-4-11(22)5-3-10/h2-5,9,12,22H,6-8,17H2,1H3,(H2,18,23)(H,19,24)(H,20,25)(H,21,26)/p+1/t9-,12-/m0/s1. The number of rotatable bonds is 9. The van der Waals surface area contributed by atoms with E-state index in [-0.39, 0.29) is 18.8 Å². The summed E-state index contributed by atoms with van der Waals surface area (Å²) in [6, 6.07) is 4.89. The van der Waals surface area contributed by atoms with Gasteiger partial charge in [0.15, 0.2) is 6.04 Å². The van der Waals surface area contributed by atoms with Gasteiger partial charge >= 0.3 is 0 Å². The summed E-state index contributed by atoms with van der Waals surface area (Å²) in [5.41, 5.74) is 9.47. The number of hydrogen-bond acceptors (Lipinski definition) is 5. The molecule has 0 aliphatic heterocycles. The third kappa shape index (κ3) is 7.62. The van der Waals surface area contributed by atoms with Crippen LogP contribution in [0, 0.1) is 0 Å². The van der Waals surface area contributed by atoms with E-state index in [4.69, 9.17) is 5.73 Å². The average molecular weight is 366 g/mol. The summed E-state index contributed by atoms with van der Waals surface area (Å²) in [6.07, 6.45) is 0.343. The van der Waals surface area contributed by atoms with Crippen molar-refractivity contribution in [2.24, 2.45) is 5.73 Å². The maximum atomic E-state index is 12.1. The molecule has 10 nitrogen and oxygen atoms in total. The zero-order valence-corrected chi connectivity index (χ0v) is 14.5. The van der Waals surface area contributed by atoms with Gasteiger partial charge in [0.25, 0.3) is 5.91 Å². The van der Waals surface area contributed by atoms with Crippen molar-refractivity contribution in [2.75, 3.05) is 13.1 Å². The molecule has 1 aromatic rings. The van der Waals surface area contributed by atoms with Crippen molar-refractivity contribution >= 4 is 23.6 Å². The van der Waals surface area contributed by atoms with E-state index in [2.05, 4.69) is 21.7 Å². The number of quaternary nitrogens is 1. The molecule has 0 aliphatic rings. The fourth-order valence-electron chi connectivity index (χ4n) is 1.97. The second-order valence-electron chi connectivity index (χ2n) is 5.76. The molecule has 9 N–H and O–H groups in total. The quantitative estimate of drug-likeness (QED) is 0.268. The molecule has 0 saturated carbocycles. The molecule has 0 aromatic heterocycles. The molecule has 2 atom stereocenters. The molecule has 0 fully saturated rings. The fourth-order valence-corrected chi connectivity index (χ4v) is 1.97. The Labute approximate surface area is 150 Å². The number of primary amides is 1. The number of carbonyl (C=O) groups is 4. The van der Waals surface area contributed by atoms with Gasteiger partial charge < -0.3 is 32.5 Å². The van der Waals surface area contributed by atoms with Crippen molar-refractivity contribution < 1.29 is 30.0 Å². The first kappa shape index (κ1) is 20.9. The van der Waals surface area contributed by atoms with Crippen LogP contribution >= 0.6 is 0 Å². The zero-order chi connectivity index (χ0) is 19.7. The second kappa shape index (κ2) is 9.99. The molecule has 142 valence electrons. The van der Waals surface area contributed by atoms with E-state index in [0.717, 1.165) is 5.56 Å². The number of benzene rings is 1. The van der Waals surface area contributed by atoms with Crippen LogP contribution in [0.5, 0.6) is 5.75 Å². The Morgan fingerprint density at radius 3 is 2.27 bits per heavy atom. The van der Waals surface area contributed by atoms with Gasteiger partial charge in [0, 0.05) is 6.42 Å². The first-order valence-electron chi connectivity index (χ1n) is 7.93. The van der Waals surface area contributed by atoms with Gasteiger partial charge in [-0.05, 0) is 24.6 Å². The smallest absolute Gasteiger partial charge is 0.279 e. The van der Waals surface area contributed by atoms with E-state index >= 15 is 0 Å². The maximum absolute atomic E-state index is 12.1. The molecule has 0 unspecified atom stereocenters. The number of phenols is 1. The molecule has 0 saturated heterocycles. The molecule has 0 radical (unpaired) electrons. The Morgan fingerprint density at radius 2 is 1.69 bits per heavy atom. The molecule has 4 amide bonds. The highest BCUT2D eigenvalue weighted by molar-refractivity contribution is 5.92. The van der Waals surface area contributed by atoms with Crippen molar-refractivity contribution in [3.8, 4) is 5.75 Å². The minimum atomic E-state index is -0.865. The van der Waals surface area contributed by atoms with Crippen molar-refractivity contribution in [3.05, 3.63) is 29.8 Å². The average Bonchev–Trinajstić information content (AvgIpc) is 2.59. The number of phenolic OH excluding ortho intramolecular Hbond substituents is 1. The van der Waals surface area contributed by atoms with Crippen LogP contribution in [-0.4, -0.2) is 53.9 Å². The summed E-state index contributed by atoms with van der Waals surface area (Å²) in [7, 11) is 0. The summed E-state index contributed by atoms with van der Waals surface area (Å²) in [6.45, 7) is 0.816. The first-order chi connectivity index (χ1) is 12.2. The number of nitrogens with two attached hydrogens (primary N) is 1. The van der Waals surface area contributed by atoms with Gasteiger partial charge in [0.2, 0.25) is 17.7 Å². The van der Waals surface area contributed by atoms with Gasteiger partial charge in [-0.1, -0.05) is 12.1 Å². The van der Waals surface area contributed by atoms with E-state index in [1.54, 1.807) is 12.1 Å². The Hall–Kier alpha value is -3.14. The normalized spacial score (nSPS) is 12.5.